The molecule has 1 fully saturated rings. The Morgan fingerprint density at radius 1 is 0.846 bits per heavy atom. The van der Waals surface area contributed by atoms with Crippen molar-refractivity contribution < 1.29 is 39.0 Å². The summed E-state index contributed by atoms with van der Waals surface area (Å²) in [5.41, 5.74) is 3.12. The molecule has 330 valence electrons. The number of benzene rings is 5. The number of thioether (sulfide) groups is 1. The first-order valence-corrected chi connectivity index (χ1v) is 22.6. The van der Waals surface area contributed by atoms with Crippen molar-refractivity contribution in [2.24, 2.45) is 5.16 Å². The number of esters is 1. The highest BCUT2D eigenvalue weighted by molar-refractivity contribution is 8.00. The monoisotopic (exact) mass is 908 g/mol. The first-order chi connectivity index (χ1) is 31.7. The number of carbonyl (C=O) groups is 4. The molecule has 2 atom stereocenters. The molecule has 3 heterocycles. The third-order valence-corrected chi connectivity index (χ3v) is 13.1. The van der Waals surface area contributed by atoms with E-state index in [0.29, 0.717) is 21.8 Å². The number of hydrogen-bond acceptors (Lipinski definition) is 13. The number of hydrogen-bond donors (Lipinski definition) is 4. The van der Waals surface area contributed by atoms with Crippen LogP contribution in [-0.2, 0) is 29.4 Å². The van der Waals surface area contributed by atoms with E-state index in [0.717, 1.165) is 16.7 Å². The van der Waals surface area contributed by atoms with E-state index >= 15 is 0 Å². The second-order valence-electron chi connectivity index (χ2n) is 15.1. The maximum atomic E-state index is 14.4. The maximum absolute atomic E-state index is 14.4. The minimum Gasteiger partial charge on any atom is -0.448 e. The molecule has 0 radical (unpaired) electrons. The topological polar surface area (TPSA) is 183 Å². The van der Waals surface area contributed by atoms with E-state index in [4.69, 9.17) is 14.5 Å². The minimum atomic E-state index is -1.14. The molecule has 1 saturated heterocycles. The number of thiazole rings is 1. The number of oxime groups is 1. The van der Waals surface area contributed by atoms with Crippen molar-refractivity contribution in [3.63, 3.8) is 0 Å². The summed E-state index contributed by atoms with van der Waals surface area (Å²) < 4.78 is 11.7. The van der Waals surface area contributed by atoms with Gasteiger partial charge in [-0.2, -0.15) is 0 Å². The lowest BCUT2D eigenvalue weighted by Gasteiger charge is -2.49. The first-order valence-electron chi connectivity index (χ1n) is 20.6. The predicted octanol–water partition coefficient (Wildman–Crippen LogP) is 6.77. The molecule has 1 aromatic heterocycles. The Balaban J connectivity index is 1.04. The Morgan fingerprint density at radius 3 is 1.88 bits per heavy atom. The summed E-state index contributed by atoms with van der Waals surface area (Å²) >= 11 is 2.46. The SMILES string of the molecule is CN(CCO)C(=O)OCC1=C(C(=O)OC(c2ccccc2)c2ccccc2)N2C(=O)[C@@H](NC(=O)/C(=N\O)c3csc(NC(c4ccccc4)(c4ccccc4)c4ccccc4)n3)[C@H]2SC1. The molecule has 3 amide bonds. The fraction of sp³-hybridized carbons (Fsp3) is 0.184. The Hall–Kier alpha value is -7.27. The van der Waals surface area contributed by atoms with Gasteiger partial charge in [0, 0.05) is 30.3 Å². The molecule has 65 heavy (non-hydrogen) atoms. The number of nitrogens with one attached hydrogen (secondary N) is 2. The zero-order chi connectivity index (χ0) is 45.3. The lowest BCUT2D eigenvalue weighted by atomic mass is 9.77. The smallest absolute Gasteiger partial charge is 0.409 e. The Bertz CT molecular complexity index is 2550. The van der Waals surface area contributed by atoms with Gasteiger partial charge in [0.05, 0.1) is 6.61 Å². The largest absolute Gasteiger partial charge is 0.448 e. The van der Waals surface area contributed by atoms with E-state index in [1.807, 2.05) is 152 Å². The highest BCUT2D eigenvalue weighted by Gasteiger charge is 2.55. The lowest BCUT2D eigenvalue weighted by molar-refractivity contribution is -0.154. The van der Waals surface area contributed by atoms with Crippen LogP contribution in [0.2, 0.25) is 0 Å². The van der Waals surface area contributed by atoms with Gasteiger partial charge in [0.1, 0.15) is 35.0 Å². The molecule has 2 aliphatic rings. The van der Waals surface area contributed by atoms with Crippen molar-refractivity contribution in [2.75, 3.05) is 37.9 Å². The predicted molar refractivity (Wildman–Crippen MR) is 247 cm³/mol. The van der Waals surface area contributed by atoms with Crippen LogP contribution < -0.4 is 10.6 Å². The van der Waals surface area contributed by atoms with Crippen molar-refractivity contribution >= 4 is 57.8 Å². The molecule has 0 aliphatic carbocycles. The second kappa shape index (κ2) is 20.1. The van der Waals surface area contributed by atoms with Gasteiger partial charge in [0.15, 0.2) is 16.9 Å². The zero-order valence-corrected chi connectivity index (χ0v) is 36.7. The van der Waals surface area contributed by atoms with E-state index in [2.05, 4.69) is 15.8 Å². The summed E-state index contributed by atoms with van der Waals surface area (Å²) in [6.07, 6.45) is -1.59. The van der Waals surface area contributed by atoms with Gasteiger partial charge in [-0.15, -0.1) is 23.1 Å². The Morgan fingerprint density at radius 2 is 1.37 bits per heavy atom. The van der Waals surface area contributed by atoms with Crippen LogP contribution in [0.4, 0.5) is 9.93 Å². The van der Waals surface area contributed by atoms with Crippen LogP contribution in [0.3, 0.4) is 0 Å². The molecule has 6 aromatic rings. The molecule has 14 nitrogen and oxygen atoms in total. The summed E-state index contributed by atoms with van der Waals surface area (Å²) in [5, 5.41) is 30.5. The van der Waals surface area contributed by atoms with Crippen LogP contribution >= 0.6 is 23.1 Å². The van der Waals surface area contributed by atoms with Crippen LogP contribution in [0.15, 0.2) is 173 Å². The van der Waals surface area contributed by atoms with E-state index in [-0.39, 0.29) is 36.9 Å². The van der Waals surface area contributed by atoms with Crippen molar-refractivity contribution in [1.29, 1.82) is 0 Å². The molecular weight excluding hydrogens is 865 g/mol. The second-order valence-corrected chi connectivity index (χ2v) is 17.0. The highest BCUT2D eigenvalue weighted by Crippen LogP contribution is 2.43. The summed E-state index contributed by atoms with van der Waals surface area (Å²) in [5.74, 6) is -2.19. The number of aliphatic hydroxyl groups is 1. The van der Waals surface area contributed by atoms with Gasteiger partial charge in [0.2, 0.25) is 0 Å². The number of amides is 3. The van der Waals surface area contributed by atoms with Gasteiger partial charge in [-0.1, -0.05) is 157 Å². The van der Waals surface area contributed by atoms with Gasteiger partial charge < -0.3 is 35.3 Å². The van der Waals surface area contributed by atoms with Gasteiger partial charge in [0.25, 0.3) is 11.8 Å². The average Bonchev–Trinajstić information content (AvgIpc) is 3.82. The van der Waals surface area contributed by atoms with Crippen molar-refractivity contribution in [2.45, 2.75) is 23.1 Å². The van der Waals surface area contributed by atoms with Gasteiger partial charge >= 0.3 is 12.1 Å². The van der Waals surface area contributed by atoms with E-state index in [1.54, 1.807) is 5.38 Å². The number of carbonyl (C=O) groups excluding carboxylic acids is 4. The zero-order valence-electron chi connectivity index (χ0n) is 35.0. The van der Waals surface area contributed by atoms with Crippen LogP contribution in [0.5, 0.6) is 0 Å². The molecule has 0 unspecified atom stereocenters. The number of rotatable bonds is 16. The fourth-order valence-electron chi connectivity index (χ4n) is 7.83. The van der Waals surface area contributed by atoms with E-state index in [1.165, 1.54) is 39.9 Å². The van der Waals surface area contributed by atoms with Crippen molar-refractivity contribution in [1.82, 2.24) is 20.1 Å². The van der Waals surface area contributed by atoms with Crippen molar-refractivity contribution in [3.8, 4) is 0 Å². The highest BCUT2D eigenvalue weighted by atomic mass is 32.2. The average molecular weight is 909 g/mol. The third-order valence-electron chi connectivity index (χ3n) is 11.1. The van der Waals surface area contributed by atoms with Gasteiger partial charge in [-0.3, -0.25) is 14.5 Å². The number of ether oxygens (including phenoxy) is 2. The van der Waals surface area contributed by atoms with Gasteiger partial charge in [-0.05, 0) is 27.8 Å². The molecule has 2 aliphatic heterocycles. The number of likely N-dealkylation sites (N-methyl/N-ethyl adjacent to an activating group) is 1. The Kier molecular flexibility index (Phi) is 13.7. The number of aromatic nitrogens is 1. The first kappa shape index (κ1) is 44.3. The molecule has 8 rings (SSSR count). The summed E-state index contributed by atoms with van der Waals surface area (Å²) in [6, 6.07) is 46.9. The number of anilines is 1. The van der Waals surface area contributed by atoms with Crippen LogP contribution in [0.1, 0.15) is 39.6 Å². The molecule has 5 aromatic carbocycles. The van der Waals surface area contributed by atoms with Crippen LogP contribution in [0.25, 0.3) is 0 Å². The number of fused-ring (bicyclic) bond motifs is 1. The van der Waals surface area contributed by atoms with Crippen LogP contribution in [-0.4, -0.2) is 98.7 Å². The normalized spacial score (nSPS) is 16.0. The minimum absolute atomic E-state index is 0.0269. The number of β-lactam (4-membered cyclic amide) rings is 1. The third kappa shape index (κ3) is 9.22. The lowest BCUT2D eigenvalue weighted by Crippen LogP contribution is -2.71. The maximum Gasteiger partial charge on any atom is 0.409 e. The van der Waals surface area contributed by atoms with Gasteiger partial charge in [-0.25, -0.2) is 14.6 Å². The molecule has 0 spiro atoms. The summed E-state index contributed by atoms with van der Waals surface area (Å²) in [6.45, 7) is -0.596. The van der Waals surface area contributed by atoms with Crippen molar-refractivity contribution in [3.05, 3.63) is 202 Å². The van der Waals surface area contributed by atoms with E-state index < -0.39 is 52.6 Å². The summed E-state index contributed by atoms with van der Waals surface area (Å²) in [7, 11) is 1.46. The van der Waals surface area contributed by atoms with E-state index in [9.17, 15) is 29.5 Å². The standard InChI is InChI=1S/C49H44N6O8S2/c1-54(27-28-56)48(60)62-29-34-30-64-45-40(44(58)55(45)41(34)46(59)63-42(32-17-7-2-8-18-32)33-19-9-3-10-20-33)51-43(57)39(53-61)38-31-65-47(50-38)52-49(35-21-11-4-12-22-35,36-23-13-5-14-24-36)37-25-15-6-16-26-37/h2-26,31,40,42,45,56,61H,27-30H2,1H3,(H,50,52)(H,51,57)/b53-39-/t40-,45-/m1/s1. The molecular formula is C49H44N6O8S2. The van der Waals surface area contributed by atoms with Crippen LogP contribution in [0, 0.1) is 0 Å². The molecule has 0 saturated carbocycles. The fourth-order valence-corrected chi connectivity index (χ4v) is 9.91. The molecule has 4 N–H and O–H groups in total. The quantitative estimate of drug-likeness (QED) is 0.0201. The number of nitrogens with zero attached hydrogens (tertiary/aromatic N) is 4. The molecule has 0 bridgehead atoms. The molecule has 16 heteroatoms. The number of aliphatic hydroxyl groups excluding tert-OH is 1. The summed E-state index contributed by atoms with van der Waals surface area (Å²) in [4.78, 5) is 62.4. The Labute approximate surface area is 383 Å².